The predicted molar refractivity (Wildman–Crippen MR) is 57.5 cm³/mol. The van der Waals surface area contributed by atoms with Crippen molar-refractivity contribution >= 4 is 0 Å². The fourth-order valence-electron chi connectivity index (χ4n) is 1.85. The van der Waals surface area contributed by atoms with E-state index in [0.29, 0.717) is 6.10 Å². The van der Waals surface area contributed by atoms with Gasteiger partial charge in [0.1, 0.15) is 0 Å². The second-order valence-corrected chi connectivity index (χ2v) is 3.89. The summed E-state index contributed by atoms with van der Waals surface area (Å²) in [6.07, 6.45) is 1.37. The summed E-state index contributed by atoms with van der Waals surface area (Å²) in [5.41, 5.74) is 2.70. The largest absolute Gasteiger partial charge is 0.375 e. The standard InChI is InChI=1S/C12H17NO/c1-10-3-2-4-11(7-10)8-12-9-13-5-6-14-12/h2-4,7,12-13H,5-6,8-9H2,1H3/t12-/m1/s1. The predicted octanol–water partition coefficient (Wildman–Crippen LogP) is 1.53. The molecule has 0 aromatic heterocycles. The van der Waals surface area contributed by atoms with Crippen LogP contribution in [0.1, 0.15) is 11.1 Å². The van der Waals surface area contributed by atoms with Crippen LogP contribution in [-0.2, 0) is 11.2 Å². The Bertz CT molecular complexity index is 292. The Balaban J connectivity index is 1.95. The van der Waals surface area contributed by atoms with Crippen molar-refractivity contribution in [2.75, 3.05) is 19.7 Å². The number of hydrogen-bond donors (Lipinski definition) is 1. The lowest BCUT2D eigenvalue weighted by atomic mass is 10.1. The van der Waals surface area contributed by atoms with Crippen LogP contribution in [0.3, 0.4) is 0 Å². The van der Waals surface area contributed by atoms with E-state index in [2.05, 4.69) is 36.5 Å². The molecule has 0 spiro atoms. The van der Waals surface area contributed by atoms with Gasteiger partial charge in [0, 0.05) is 13.1 Å². The van der Waals surface area contributed by atoms with Gasteiger partial charge in [-0.15, -0.1) is 0 Å². The van der Waals surface area contributed by atoms with Gasteiger partial charge in [-0.1, -0.05) is 29.8 Å². The Morgan fingerprint density at radius 1 is 1.50 bits per heavy atom. The topological polar surface area (TPSA) is 21.3 Å². The molecule has 0 unspecified atom stereocenters. The number of morpholine rings is 1. The summed E-state index contributed by atoms with van der Waals surface area (Å²) >= 11 is 0. The maximum absolute atomic E-state index is 5.66. The summed E-state index contributed by atoms with van der Waals surface area (Å²) in [7, 11) is 0. The molecule has 0 saturated carbocycles. The van der Waals surface area contributed by atoms with Crippen molar-refractivity contribution in [2.24, 2.45) is 0 Å². The fraction of sp³-hybridized carbons (Fsp3) is 0.500. The van der Waals surface area contributed by atoms with Crippen LogP contribution in [0.15, 0.2) is 24.3 Å². The SMILES string of the molecule is Cc1cccc(C[C@@H]2CNCCO2)c1. The zero-order valence-electron chi connectivity index (χ0n) is 8.62. The van der Waals surface area contributed by atoms with Gasteiger partial charge in [0.25, 0.3) is 0 Å². The lowest BCUT2D eigenvalue weighted by Crippen LogP contribution is -2.39. The second kappa shape index (κ2) is 4.58. The summed E-state index contributed by atoms with van der Waals surface area (Å²) in [5, 5.41) is 3.34. The van der Waals surface area contributed by atoms with Crippen molar-refractivity contribution in [3.05, 3.63) is 35.4 Å². The van der Waals surface area contributed by atoms with E-state index in [9.17, 15) is 0 Å². The molecule has 1 aromatic rings. The molecule has 1 saturated heterocycles. The van der Waals surface area contributed by atoms with Gasteiger partial charge >= 0.3 is 0 Å². The summed E-state index contributed by atoms with van der Waals surface area (Å²) in [6.45, 7) is 4.94. The Hall–Kier alpha value is -0.860. The van der Waals surface area contributed by atoms with Crippen molar-refractivity contribution in [1.82, 2.24) is 5.32 Å². The first-order valence-corrected chi connectivity index (χ1v) is 5.22. The molecule has 0 bridgehead atoms. The van der Waals surface area contributed by atoms with Gasteiger partial charge < -0.3 is 10.1 Å². The van der Waals surface area contributed by atoms with Gasteiger partial charge in [-0.25, -0.2) is 0 Å². The number of nitrogens with one attached hydrogen (secondary N) is 1. The Kier molecular flexibility index (Phi) is 3.17. The Morgan fingerprint density at radius 3 is 3.14 bits per heavy atom. The van der Waals surface area contributed by atoms with Gasteiger partial charge in [-0.3, -0.25) is 0 Å². The molecule has 0 radical (unpaired) electrons. The zero-order chi connectivity index (χ0) is 9.80. The average molecular weight is 191 g/mol. The number of aryl methyl sites for hydroxylation is 1. The van der Waals surface area contributed by atoms with Gasteiger partial charge in [-0.05, 0) is 18.9 Å². The zero-order valence-corrected chi connectivity index (χ0v) is 8.62. The highest BCUT2D eigenvalue weighted by atomic mass is 16.5. The first-order valence-electron chi connectivity index (χ1n) is 5.22. The summed E-state index contributed by atoms with van der Waals surface area (Å²) in [4.78, 5) is 0. The number of rotatable bonds is 2. The van der Waals surface area contributed by atoms with E-state index >= 15 is 0 Å². The van der Waals surface area contributed by atoms with Gasteiger partial charge in [0.2, 0.25) is 0 Å². The molecule has 1 aromatic carbocycles. The normalized spacial score (nSPS) is 22.2. The first-order chi connectivity index (χ1) is 6.84. The van der Waals surface area contributed by atoms with E-state index in [-0.39, 0.29) is 0 Å². The smallest absolute Gasteiger partial charge is 0.0740 e. The van der Waals surface area contributed by atoms with Crippen molar-refractivity contribution < 1.29 is 4.74 Å². The van der Waals surface area contributed by atoms with Crippen molar-refractivity contribution in [3.63, 3.8) is 0 Å². The number of benzene rings is 1. The average Bonchev–Trinajstić information content (AvgIpc) is 2.19. The molecule has 76 valence electrons. The molecule has 1 aliphatic heterocycles. The summed E-state index contributed by atoms with van der Waals surface area (Å²) in [6, 6.07) is 8.65. The molecule has 1 N–H and O–H groups in total. The van der Waals surface area contributed by atoms with Crippen LogP contribution in [-0.4, -0.2) is 25.8 Å². The summed E-state index contributed by atoms with van der Waals surface area (Å²) in [5.74, 6) is 0. The molecular formula is C12H17NO. The highest BCUT2D eigenvalue weighted by Crippen LogP contribution is 2.09. The van der Waals surface area contributed by atoms with Crippen molar-refractivity contribution in [2.45, 2.75) is 19.4 Å². The van der Waals surface area contributed by atoms with Crippen LogP contribution in [0.5, 0.6) is 0 Å². The molecule has 1 fully saturated rings. The molecule has 2 heteroatoms. The minimum atomic E-state index is 0.352. The van der Waals surface area contributed by atoms with Gasteiger partial charge in [0.05, 0.1) is 12.7 Å². The van der Waals surface area contributed by atoms with Crippen molar-refractivity contribution in [1.29, 1.82) is 0 Å². The monoisotopic (exact) mass is 191 g/mol. The first kappa shape index (κ1) is 9.69. The highest BCUT2D eigenvalue weighted by molar-refractivity contribution is 5.22. The molecule has 1 aliphatic rings. The third-order valence-electron chi connectivity index (χ3n) is 2.55. The minimum absolute atomic E-state index is 0.352. The lowest BCUT2D eigenvalue weighted by molar-refractivity contribution is 0.0292. The fourth-order valence-corrected chi connectivity index (χ4v) is 1.85. The van der Waals surface area contributed by atoms with Crippen LogP contribution in [0, 0.1) is 6.92 Å². The third-order valence-corrected chi connectivity index (χ3v) is 2.55. The van der Waals surface area contributed by atoms with Crippen LogP contribution < -0.4 is 5.32 Å². The Morgan fingerprint density at radius 2 is 2.43 bits per heavy atom. The molecule has 1 atom stereocenters. The molecule has 0 aliphatic carbocycles. The molecule has 0 amide bonds. The summed E-state index contributed by atoms with van der Waals surface area (Å²) < 4.78 is 5.66. The van der Waals surface area contributed by atoms with Crippen LogP contribution in [0.25, 0.3) is 0 Å². The molecular weight excluding hydrogens is 174 g/mol. The molecule has 14 heavy (non-hydrogen) atoms. The van der Waals surface area contributed by atoms with Gasteiger partial charge in [0.15, 0.2) is 0 Å². The molecule has 1 heterocycles. The third kappa shape index (κ3) is 2.56. The van der Waals surface area contributed by atoms with Crippen molar-refractivity contribution in [3.8, 4) is 0 Å². The number of hydrogen-bond acceptors (Lipinski definition) is 2. The Labute approximate surface area is 85.3 Å². The van der Waals surface area contributed by atoms with E-state index in [0.717, 1.165) is 26.1 Å². The van der Waals surface area contributed by atoms with E-state index in [1.54, 1.807) is 0 Å². The maximum Gasteiger partial charge on any atom is 0.0740 e. The minimum Gasteiger partial charge on any atom is -0.375 e. The highest BCUT2D eigenvalue weighted by Gasteiger charge is 2.13. The van der Waals surface area contributed by atoms with E-state index < -0.39 is 0 Å². The van der Waals surface area contributed by atoms with E-state index in [1.807, 2.05) is 0 Å². The van der Waals surface area contributed by atoms with Gasteiger partial charge in [-0.2, -0.15) is 0 Å². The maximum atomic E-state index is 5.66. The van der Waals surface area contributed by atoms with E-state index in [4.69, 9.17) is 4.74 Å². The second-order valence-electron chi connectivity index (χ2n) is 3.89. The number of ether oxygens (including phenoxy) is 1. The molecule has 2 nitrogen and oxygen atoms in total. The van der Waals surface area contributed by atoms with Crippen LogP contribution >= 0.6 is 0 Å². The lowest BCUT2D eigenvalue weighted by Gasteiger charge is -2.23. The quantitative estimate of drug-likeness (QED) is 0.765. The van der Waals surface area contributed by atoms with Crippen LogP contribution in [0.4, 0.5) is 0 Å². The van der Waals surface area contributed by atoms with E-state index in [1.165, 1.54) is 11.1 Å². The van der Waals surface area contributed by atoms with Crippen LogP contribution in [0.2, 0.25) is 0 Å². The molecule has 2 rings (SSSR count).